The van der Waals surface area contributed by atoms with Gasteiger partial charge in [-0.05, 0) is 43.3 Å². The SMILES string of the molecule is C=CCN(CC=C)C(=O)c1ccc(/N=N/c2c(C)[nH]n(-c3ccccc3)c2=O)cc1. The minimum Gasteiger partial charge on any atom is -0.331 e. The Hall–Kier alpha value is -4.00. The number of benzene rings is 2. The van der Waals surface area contributed by atoms with Gasteiger partial charge in [0, 0.05) is 18.7 Å². The highest BCUT2D eigenvalue weighted by Gasteiger charge is 2.14. The van der Waals surface area contributed by atoms with Crippen molar-refractivity contribution in [2.75, 3.05) is 13.1 Å². The third-order valence-corrected chi connectivity index (χ3v) is 4.42. The van der Waals surface area contributed by atoms with Crippen LogP contribution in [0, 0.1) is 6.92 Å². The highest BCUT2D eigenvalue weighted by Crippen LogP contribution is 2.20. The fraction of sp³-hybridized carbons (Fsp3) is 0.130. The lowest BCUT2D eigenvalue weighted by Gasteiger charge is -2.19. The van der Waals surface area contributed by atoms with Gasteiger partial charge in [-0.2, -0.15) is 5.11 Å². The van der Waals surface area contributed by atoms with E-state index in [0.717, 1.165) is 5.69 Å². The number of carbonyl (C=O) groups excluding carboxylic acids is 1. The minimum absolute atomic E-state index is 0.120. The van der Waals surface area contributed by atoms with Crippen LogP contribution < -0.4 is 5.56 Å². The maximum atomic E-state index is 12.7. The zero-order valence-corrected chi connectivity index (χ0v) is 16.8. The summed E-state index contributed by atoms with van der Waals surface area (Å²) in [7, 11) is 0. The zero-order valence-electron chi connectivity index (χ0n) is 16.8. The number of azo groups is 1. The first-order valence-corrected chi connectivity index (χ1v) is 9.45. The van der Waals surface area contributed by atoms with Gasteiger partial charge in [-0.15, -0.1) is 18.3 Å². The van der Waals surface area contributed by atoms with Crippen molar-refractivity contribution in [3.63, 3.8) is 0 Å². The molecule has 3 rings (SSSR count). The number of rotatable bonds is 8. The van der Waals surface area contributed by atoms with E-state index >= 15 is 0 Å². The molecule has 3 aromatic rings. The molecule has 0 aliphatic carbocycles. The topological polar surface area (TPSA) is 82.8 Å². The summed E-state index contributed by atoms with van der Waals surface area (Å²) in [6.45, 7) is 9.99. The molecule has 0 fully saturated rings. The van der Waals surface area contributed by atoms with Crippen molar-refractivity contribution in [2.45, 2.75) is 6.92 Å². The number of amides is 1. The van der Waals surface area contributed by atoms with Crippen LogP contribution >= 0.6 is 0 Å². The lowest BCUT2D eigenvalue weighted by Crippen LogP contribution is -2.31. The van der Waals surface area contributed by atoms with E-state index in [-0.39, 0.29) is 17.2 Å². The van der Waals surface area contributed by atoms with Crippen molar-refractivity contribution in [2.24, 2.45) is 10.2 Å². The minimum atomic E-state index is -0.279. The summed E-state index contributed by atoms with van der Waals surface area (Å²) in [6, 6.07) is 16.0. The highest BCUT2D eigenvalue weighted by molar-refractivity contribution is 5.94. The van der Waals surface area contributed by atoms with Crippen LogP contribution in [0.3, 0.4) is 0 Å². The summed E-state index contributed by atoms with van der Waals surface area (Å²) in [6.07, 6.45) is 3.34. The third-order valence-electron chi connectivity index (χ3n) is 4.42. The van der Waals surface area contributed by atoms with E-state index in [2.05, 4.69) is 28.5 Å². The molecular formula is C23H23N5O2. The number of aromatic amines is 1. The Morgan fingerprint density at radius 1 is 1.03 bits per heavy atom. The highest BCUT2D eigenvalue weighted by atomic mass is 16.2. The van der Waals surface area contributed by atoms with Crippen LogP contribution in [0.2, 0.25) is 0 Å². The number of hydrogen-bond donors (Lipinski definition) is 1. The predicted octanol–water partition coefficient (Wildman–Crippen LogP) is 4.70. The summed E-state index contributed by atoms with van der Waals surface area (Å²) >= 11 is 0. The summed E-state index contributed by atoms with van der Waals surface area (Å²) in [5.41, 5.74) is 2.36. The monoisotopic (exact) mass is 401 g/mol. The van der Waals surface area contributed by atoms with Crippen LogP contribution in [0.1, 0.15) is 16.1 Å². The molecule has 0 saturated heterocycles. The molecule has 2 aromatic carbocycles. The van der Waals surface area contributed by atoms with Crippen LogP contribution in [0.25, 0.3) is 5.69 Å². The van der Waals surface area contributed by atoms with Gasteiger partial charge in [-0.25, -0.2) is 4.68 Å². The largest absolute Gasteiger partial charge is 0.331 e. The first-order valence-electron chi connectivity index (χ1n) is 9.45. The van der Waals surface area contributed by atoms with Crippen LogP contribution in [0.5, 0.6) is 0 Å². The molecule has 0 bridgehead atoms. The van der Waals surface area contributed by atoms with Crippen molar-refractivity contribution >= 4 is 17.3 Å². The lowest BCUT2D eigenvalue weighted by atomic mass is 10.2. The average molecular weight is 401 g/mol. The number of nitrogens with zero attached hydrogens (tertiary/aromatic N) is 4. The number of nitrogens with one attached hydrogen (secondary N) is 1. The molecule has 1 aromatic heterocycles. The summed E-state index contributed by atoms with van der Waals surface area (Å²) in [5, 5.41) is 11.3. The first kappa shape index (κ1) is 20.7. The maximum absolute atomic E-state index is 12.7. The molecule has 0 unspecified atom stereocenters. The molecule has 152 valence electrons. The van der Waals surface area contributed by atoms with Gasteiger partial charge in [0.25, 0.3) is 11.5 Å². The molecule has 7 heteroatoms. The smallest absolute Gasteiger partial charge is 0.299 e. The Labute approximate surface area is 174 Å². The number of aryl methyl sites for hydroxylation is 1. The van der Waals surface area contributed by atoms with Crippen LogP contribution in [0.4, 0.5) is 11.4 Å². The molecule has 0 aliphatic heterocycles. The molecule has 0 saturated carbocycles. The molecule has 1 amide bonds. The van der Waals surface area contributed by atoms with Gasteiger partial charge >= 0.3 is 0 Å². The molecule has 30 heavy (non-hydrogen) atoms. The van der Waals surface area contributed by atoms with E-state index in [9.17, 15) is 9.59 Å². The normalized spacial score (nSPS) is 10.8. The van der Waals surface area contributed by atoms with E-state index in [1.807, 2.05) is 30.3 Å². The average Bonchev–Trinajstić information content (AvgIpc) is 3.06. The van der Waals surface area contributed by atoms with E-state index in [1.54, 1.807) is 48.2 Å². The van der Waals surface area contributed by atoms with E-state index < -0.39 is 0 Å². The molecule has 7 nitrogen and oxygen atoms in total. The van der Waals surface area contributed by atoms with Crippen molar-refractivity contribution in [3.05, 3.63) is 102 Å². The standard InChI is InChI=1S/C23H23N5O2/c1-4-15-27(16-5-2)22(29)18-11-13-19(14-12-18)24-25-21-17(3)26-28(23(21)30)20-9-7-6-8-10-20/h4-14,26H,1-2,15-16H2,3H3/b25-24+. The number of H-pyrrole nitrogens is 1. The first-order chi connectivity index (χ1) is 14.5. The molecule has 0 atom stereocenters. The van der Waals surface area contributed by atoms with Crippen molar-refractivity contribution < 1.29 is 4.79 Å². The quantitative estimate of drug-likeness (QED) is 0.438. The molecule has 0 radical (unpaired) electrons. The number of para-hydroxylation sites is 1. The van der Waals surface area contributed by atoms with Gasteiger partial charge < -0.3 is 4.90 Å². The molecule has 0 spiro atoms. The molecule has 1 N–H and O–H groups in total. The Morgan fingerprint density at radius 2 is 1.67 bits per heavy atom. The fourth-order valence-corrected chi connectivity index (χ4v) is 2.93. The van der Waals surface area contributed by atoms with Crippen LogP contribution in [-0.4, -0.2) is 33.7 Å². The molecule has 1 heterocycles. The summed E-state index contributed by atoms with van der Waals surface area (Å²) < 4.78 is 1.43. The van der Waals surface area contributed by atoms with Gasteiger partial charge in [-0.3, -0.25) is 14.7 Å². The predicted molar refractivity (Wildman–Crippen MR) is 118 cm³/mol. The Kier molecular flexibility index (Phi) is 6.54. The van der Waals surface area contributed by atoms with Gasteiger partial charge in [0.1, 0.15) is 0 Å². The lowest BCUT2D eigenvalue weighted by molar-refractivity contribution is 0.0791. The fourth-order valence-electron chi connectivity index (χ4n) is 2.93. The Morgan fingerprint density at radius 3 is 2.27 bits per heavy atom. The Balaban J connectivity index is 1.80. The van der Waals surface area contributed by atoms with Gasteiger partial charge in [0.2, 0.25) is 0 Å². The Bertz CT molecular complexity index is 1110. The van der Waals surface area contributed by atoms with Gasteiger partial charge in [0.15, 0.2) is 5.69 Å². The number of hydrogen-bond acceptors (Lipinski definition) is 4. The summed E-state index contributed by atoms with van der Waals surface area (Å²) in [4.78, 5) is 26.9. The van der Waals surface area contributed by atoms with Crippen LogP contribution in [0.15, 0.2) is 94.9 Å². The van der Waals surface area contributed by atoms with Crippen molar-refractivity contribution in [1.82, 2.24) is 14.7 Å². The zero-order chi connectivity index (χ0) is 21.5. The number of carbonyl (C=O) groups is 1. The second-order valence-corrected chi connectivity index (χ2v) is 6.60. The number of aromatic nitrogens is 2. The van der Waals surface area contributed by atoms with Crippen molar-refractivity contribution in [3.8, 4) is 5.69 Å². The second-order valence-electron chi connectivity index (χ2n) is 6.60. The van der Waals surface area contributed by atoms with E-state index in [1.165, 1.54) is 4.68 Å². The second kappa shape index (κ2) is 9.47. The van der Waals surface area contributed by atoms with Crippen LogP contribution in [-0.2, 0) is 0 Å². The molecular weight excluding hydrogens is 378 g/mol. The molecule has 0 aliphatic rings. The van der Waals surface area contributed by atoms with E-state index in [0.29, 0.717) is 30.0 Å². The third kappa shape index (κ3) is 4.52. The maximum Gasteiger partial charge on any atom is 0.299 e. The van der Waals surface area contributed by atoms with Crippen molar-refractivity contribution in [1.29, 1.82) is 0 Å². The van der Waals surface area contributed by atoms with E-state index in [4.69, 9.17) is 0 Å². The summed E-state index contributed by atoms with van der Waals surface area (Å²) in [5.74, 6) is -0.120. The van der Waals surface area contributed by atoms with Gasteiger partial charge in [-0.1, -0.05) is 30.4 Å². The van der Waals surface area contributed by atoms with Gasteiger partial charge in [0.05, 0.1) is 17.1 Å².